The van der Waals surface area contributed by atoms with Crippen LogP contribution in [0.5, 0.6) is 5.75 Å². The van der Waals surface area contributed by atoms with Crippen molar-refractivity contribution in [3.8, 4) is 5.75 Å². The average molecular weight is 293 g/mol. The molecule has 0 aliphatic rings. The fraction of sp³-hybridized carbons (Fsp3) is 0.500. The van der Waals surface area contributed by atoms with E-state index >= 15 is 0 Å². The monoisotopic (exact) mass is 293 g/mol. The Balaban J connectivity index is 2.64. The van der Waals surface area contributed by atoms with E-state index in [1.807, 2.05) is 25.1 Å². The molecule has 0 aliphatic heterocycles. The zero-order chi connectivity index (χ0) is 16.0. The van der Waals surface area contributed by atoms with Gasteiger partial charge in [0.1, 0.15) is 5.75 Å². The lowest BCUT2D eigenvalue weighted by Gasteiger charge is -2.18. The first kappa shape index (κ1) is 17.0. The van der Waals surface area contributed by atoms with E-state index in [9.17, 15) is 9.59 Å². The van der Waals surface area contributed by atoms with Gasteiger partial charge in [-0.2, -0.15) is 0 Å². The van der Waals surface area contributed by atoms with Gasteiger partial charge in [0, 0.05) is 13.6 Å². The Labute approximate surface area is 125 Å². The van der Waals surface area contributed by atoms with Gasteiger partial charge in [0.2, 0.25) is 0 Å². The summed E-state index contributed by atoms with van der Waals surface area (Å²) in [6.45, 7) is 6.20. The maximum atomic E-state index is 11.9. The molecule has 1 amide bonds. The van der Waals surface area contributed by atoms with Crippen LogP contribution in [-0.2, 0) is 9.59 Å². The van der Waals surface area contributed by atoms with Crippen LogP contribution >= 0.6 is 0 Å². The molecule has 0 spiro atoms. The number of carboxylic acid groups (broad SMARTS) is 1. The van der Waals surface area contributed by atoms with Crippen molar-refractivity contribution in [1.82, 2.24) is 4.90 Å². The van der Waals surface area contributed by atoms with Gasteiger partial charge in [-0.1, -0.05) is 26.0 Å². The van der Waals surface area contributed by atoms with Crippen molar-refractivity contribution in [2.24, 2.45) is 0 Å². The highest BCUT2D eigenvalue weighted by Gasteiger charge is 2.13. The molecule has 0 fully saturated rings. The standard InChI is InChI=1S/C16H23NO4/c1-11(2)13-6-5-12(3)9-14(13)21-10-15(18)17(4)8-7-16(19)20/h5-6,9,11H,7-8,10H2,1-4H3,(H,19,20). The summed E-state index contributed by atoms with van der Waals surface area (Å²) in [5.74, 6) is -0.130. The van der Waals surface area contributed by atoms with Crippen LogP contribution in [0, 0.1) is 6.92 Å². The SMILES string of the molecule is Cc1ccc(C(C)C)c(OCC(=O)N(C)CCC(=O)O)c1. The van der Waals surface area contributed by atoms with E-state index < -0.39 is 5.97 Å². The first-order valence-corrected chi connectivity index (χ1v) is 7.00. The first-order chi connectivity index (χ1) is 9.81. The van der Waals surface area contributed by atoms with Gasteiger partial charge in [-0.15, -0.1) is 0 Å². The number of carboxylic acids is 1. The van der Waals surface area contributed by atoms with Crippen LogP contribution in [0.15, 0.2) is 18.2 Å². The number of aliphatic carboxylic acids is 1. The molecule has 0 aromatic heterocycles. The molecule has 0 unspecified atom stereocenters. The number of carbonyl (C=O) groups is 2. The number of benzene rings is 1. The van der Waals surface area contributed by atoms with Gasteiger partial charge in [-0.05, 0) is 30.0 Å². The minimum Gasteiger partial charge on any atom is -0.483 e. The van der Waals surface area contributed by atoms with Crippen molar-refractivity contribution in [2.75, 3.05) is 20.2 Å². The quantitative estimate of drug-likeness (QED) is 0.838. The number of likely N-dealkylation sites (N-methyl/N-ethyl adjacent to an activating group) is 1. The maximum absolute atomic E-state index is 11.9. The average Bonchev–Trinajstić information content (AvgIpc) is 2.41. The highest BCUT2D eigenvalue weighted by atomic mass is 16.5. The van der Waals surface area contributed by atoms with E-state index in [-0.39, 0.29) is 25.5 Å². The van der Waals surface area contributed by atoms with Crippen molar-refractivity contribution in [3.63, 3.8) is 0 Å². The third kappa shape index (κ3) is 5.45. The van der Waals surface area contributed by atoms with E-state index in [4.69, 9.17) is 9.84 Å². The van der Waals surface area contributed by atoms with Gasteiger partial charge < -0.3 is 14.7 Å². The zero-order valence-corrected chi connectivity index (χ0v) is 13.0. The van der Waals surface area contributed by atoms with Crippen molar-refractivity contribution >= 4 is 11.9 Å². The summed E-state index contributed by atoms with van der Waals surface area (Å²) >= 11 is 0. The lowest BCUT2D eigenvalue weighted by atomic mass is 10.0. The van der Waals surface area contributed by atoms with Gasteiger partial charge in [0.15, 0.2) is 6.61 Å². The largest absolute Gasteiger partial charge is 0.483 e. The minimum atomic E-state index is -0.920. The molecule has 0 bridgehead atoms. The fourth-order valence-electron chi connectivity index (χ4n) is 1.88. The zero-order valence-electron chi connectivity index (χ0n) is 13.0. The Hall–Kier alpha value is -2.04. The number of ether oxygens (including phenoxy) is 1. The van der Waals surface area contributed by atoms with Gasteiger partial charge in [-0.25, -0.2) is 0 Å². The molecule has 0 saturated carbocycles. The molecular weight excluding hydrogens is 270 g/mol. The smallest absolute Gasteiger partial charge is 0.305 e. The molecule has 1 aromatic rings. The molecular formula is C16H23NO4. The summed E-state index contributed by atoms with van der Waals surface area (Å²) in [4.78, 5) is 23.8. The van der Waals surface area contributed by atoms with E-state index in [0.717, 1.165) is 11.1 Å². The third-order valence-electron chi connectivity index (χ3n) is 3.23. The second-order valence-corrected chi connectivity index (χ2v) is 5.44. The van der Waals surface area contributed by atoms with E-state index in [0.29, 0.717) is 11.7 Å². The fourth-order valence-corrected chi connectivity index (χ4v) is 1.88. The predicted octanol–water partition coefficient (Wildman–Crippen LogP) is 2.43. The first-order valence-electron chi connectivity index (χ1n) is 7.00. The Kier molecular flexibility index (Phi) is 6.21. The molecule has 1 N–H and O–H groups in total. The summed E-state index contributed by atoms with van der Waals surface area (Å²) in [5, 5.41) is 8.61. The Morgan fingerprint density at radius 2 is 2.00 bits per heavy atom. The molecule has 1 rings (SSSR count). The summed E-state index contributed by atoms with van der Waals surface area (Å²) in [6, 6.07) is 5.94. The van der Waals surface area contributed by atoms with Crippen LogP contribution < -0.4 is 4.74 Å². The topological polar surface area (TPSA) is 66.8 Å². The maximum Gasteiger partial charge on any atom is 0.305 e. The number of amides is 1. The molecule has 0 aliphatic carbocycles. The minimum absolute atomic E-state index is 0.0655. The van der Waals surface area contributed by atoms with Gasteiger partial charge in [0.25, 0.3) is 5.91 Å². The summed E-state index contributed by atoms with van der Waals surface area (Å²) in [6.07, 6.45) is -0.0655. The number of rotatable bonds is 7. The molecule has 5 heteroatoms. The van der Waals surface area contributed by atoms with Crippen LogP contribution in [-0.4, -0.2) is 42.1 Å². The van der Waals surface area contributed by atoms with Gasteiger partial charge >= 0.3 is 5.97 Å². The van der Waals surface area contributed by atoms with Crippen molar-refractivity contribution in [3.05, 3.63) is 29.3 Å². The Bertz CT molecular complexity index is 511. The Morgan fingerprint density at radius 1 is 1.33 bits per heavy atom. The van der Waals surface area contributed by atoms with Crippen molar-refractivity contribution in [1.29, 1.82) is 0 Å². The number of hydrogen-bond acceptors (Lipinski definition) is 3. The summed E-state index contributed by atoms with van der Waals surface area (Å²) in [5.41, 5.74) is 2.13. The Morgan fingerprint density at radius 3 is 2.57 bits per heavy atom. The van der Waals surface area contributed by atoms with E-state index in [1.54, 1.807) is 7.05 Å². The van der Waals surface area contributed by atoms with Crippen LogP contribution in [0.4, 0.5) is 0 Å². The summed E-state index contributed by atoms with van der Waals surface area (Å²) in [7, 11) is 1.58. The van der Waals surface area contributed by atoms with Crippen LogP contribution in [0.2, 0.25) is 0 Å². The van der Waals surface area contributed by atoms with E-state index in [2.05, 4.69) is 13.8 Å². The molecule has 21 heavy (non-hydrogen) atoms. The number of hydrogen-bond donors (Lipinski definition) is 1. The highest BCUT2D eigenvalue weighted by molar-refractivity contribution is 5.78. The van der Waals surface area contributed by atoms with Crippen LogP contribution in [0.3, 0.4) is 0 Å². The number of carbonyl (C=O) groups excluding carboxylic acids is 1. The second kappa shape index (κ2) is 7.67. The van der Waals surface area contributed by atoms with Crippen LogP contribution in [0.1, 0.15) is 37.3 Å². The second-order valence-electron chi connectivity index (χ2n) is 5.44. The molecule has 0 atom stereocenters. The molecule has 0 radical (unpaired) electrons. The van der Waals surface area contributed by atoms with Gasteiger partial charge in [0.05, 0.1) is 6.42 Å². The molecule has 0 saturated heterocycles. The molecule has 1 aromatic carbocycles. The van der Waals surface area contributed by atoms with Crippen molar-refractivity contribution < 1.29 is 19.4 Å². The normalized spacial score (nSPS) is 10.5. The molecule has 5 nitrogen and oxygen atoms in total. The summed E-state index contributed by atoms with van der Waals surface area (Å²) < 4.78 is 5.63. The third-order valence-corrected chi connectivity index (χ3v) is 3.23. The molecule has 0 heterocycles. The number of aryl methyl sites for hydroxylation is 1. The van der Waals surface area contributed by atoms with Gasteiger partial charge in [-0.3, -0.25) is 9.59 Å². The van der Waals surface area contributed by atoms with Crippen molar-refractivity contribution in [2.45, 2.75) is 33.1 Å². The predicted molar refractivity (Wildman–Crippen MR) is 80.7 cm³/mol. The van der Waals surface area contributed by atoms with E-state index in [1.165, 1.54) is 4.90 Å². The number of nitrogens with zero attached hydrogens (tertiary/aromatic N) is 1. The lowest BCUT2D eigenvalue weighted by Crippen LogP contribution is -2.33. The van der Waals surface area contributed by atoms with Crippen LogP contribution in [0.25, 0.3) is 0 Å². The lowest BCUT2D eigenvalue weighted by molar-refractivity contribution is -0.138. The molecule has 116 valence electrons. The highest BCUT2D eigenvalue weighted by Crippen LogP contribution is 2.27.